The van der Waals surface area contributed by atoms with E-state index in [2.05, 4.69) is 21.2 Å². The number of carbonyl (C=O) groups is 2. The Balaban J connectivity index is 2.82. The first kappa shape index (κ1) is 8.93. The van der Waals surface area contributed by atoms with Crippen LogP contribution in [0.15, 0.2) is 28.7 Å². The lowest BCUT2D eigenvalue weighted by Gasteiger charge is -2.01. The Hall–Kier alpha value is -1.16. The molecular weight excluding hydrogens is 222 g/mol. The molecule has 4 heteroatoms. The summed E-state index contributed by atoms with van der Waals surface area (Å²) in [5.41, 5.74) is 0.592. The van der Waals surface area contributed by atoms with Crippen LogP contribution in [0.25, 0.3) is 0 Å². The maximum atomic E-state index is 10.6. The molecule has 0 aliphatic heterocycles. The van der Waals surface area contributed by atoms with Crippen LogP contribution >= 0.6 is 15.9 Å². The van der Waals surface area contributed by atoms with E-state index in [9.17, 15) is 9.59 Å². The first-order valence-electron chi connectivity index (χ1n) is 3.24. The maximum Gasteiger partial charge on any atom is 0.288 e. The van der Waals surface area contributed by atoms with Crippen molar-refractivity contribution in [1.29, 1.82) is 0 Å². The number of rotatable bonds is 2. The summed E-state index contributed by atoms with van der Waals surface area (Å²) < 4.78 is 0.750. The van der Waals surface area contributed by atoms with Gasteiger partial charge in [0, 0.05) is 4.47 Å². The zero-order valence-corrected chi connectivity index (χ0v) is 7.67. The van der Waals surface area contributed by atoms with Crippen molar-refractivity contribution < 1.29 is 9.59 Å². The summed E-state index contributed by atoms with van der Waals surface area (Å²) in [6.45, 7) is 0. The van der Waals surface area contributed by atoms with Crippen molar-refractivity contribution in [2.24, 2.45) is 0 Å². The Morgan fingerprint density at radius 3 is 2.67 bits per heavy atom. The number of anilines is 1. The summed E-state index contributed by atoms with van der Waals surface area (Å²) >= 11 is 3.22. The van der Waals surface area contributed by atoms with Crippen molar-refractivity contribution in [3.05, 3.63) is 28.7 Å². The molecule has 0 fully saturated rings. The summed E-state index contributed by atoms with van der Waals surface area (Å²) in [6.07, 6.45) is 0.236. The van der Waals surface area contributed by atoms with Gasteiger partial charge in [0.05, 0.1) is 5.69 Å². The average Bonchev–Trinajstić information content (AvgIpc) is 2.09. The van der Waals surface area contributed by atoms with Crippen molar-refractivity contribution in [2.75, 3.05) is 5.32 Å². The first-order chi connectivity index (χ1) is 5.74. The van der Waals surface area contributed by atoms with Crippen LogP contribution in [0.3, 0.4) is 0 Å². The van der Waals surface area contributed by atoms with Gasteiger partial charge in [0.1, 0.15) is 0 Å². The highest BCUT2D eigenvalue weighted by Crippen LogP contribution is 2.20. The number of hydrogen-bond donors (Lipinski definition) is 1. The van der Waals surface area contributed by atoms with Crippen molar-refractivity contribution in [1.82, 2.24) is 0 Å². The Bertz CT molecular complexity index is 312. The molecule has 0 heterocycles. The molecule has 0 aliphatic carbocycles. The molecule has 0 aromatic heterocycles. The van der Waals surface area contributed by atoms with Crippen LogP contribution < -0.4 is 5.32 Å². The zero-order chi connectivity index (χ0) is 8.97. The minimum Gasteiger partial charge on any atom is -0.319 e. The van der Waals surface area contributed by atoms with E-state index in [1.165, 1.54) is 0 Å². The fourth-order valence-corrected chi connectivity index (χ4v) is 1.11. The summed E-state index contributed by atoms with van der Waals surface area (Å²) in [5.74, 6) is -0.651. The topological polar surface area (TPSA) is 46.2 Å². The van der Waals surface area contributed by atoms with Gasteiger partial charge >= 0.3 is 0 Å². The van der Waals surface area contributed by atoms with Crippen molar-refractivity contribution in [3.63, 3.8) is 0 Å². The Labute approximate surface area is 77.9 Å². The third kappa shape index (κ3) is 2.17. The molecule has 1 N–H and O–H groups in total. The van der Waals surface area contributed by atoms with Gasteiger partial charge in [0.2, 0.25) is 6.29 Å². The molecule has 1 amide bonds. The molecule has 0 saturated carbocycles. The lowest BCUT2D eigenvalue weighted by atomic mass is 10.3. The summed E-state index contributed by atoms with van der Waals surface area (Å²) in [5, 5.41) is 2.41. The minimum atomic E-state index is -0.651. The van der Waals surface area contributed by atoms with Crippen molar-refractivity contribution in [3.8, 4) is 0 Å². The molecular formula is C8H6BrNO2. The predicted molar refractivity (Wildman–Crippen MR) is 48.8 cm³/mol. The Morgan fingerprint density at radius 2 is 2.08 bits per heavy atom. The van der Waals surface area contributed by atoms with Gasteiger partial charge in [-0.2, -0.15) is 0 Å². The molecule has 0 bridgehead atoms. The molecule has 0 radical (unpaired) electrons. The SMILES string of the molecule is O=CC(=O)Nc1ccccc1Br. The van der Waals surface area contributed by atoms with Crippen LogP contribution in [0, 0.1) is 0 Å². The van der Waals surface area contributed by atoms with Crippen LogP contribution in [-0.2, 0) is 9.59 Å². The van der Waals surface area contributed by atoms with Crippen LogP contribution in [0.5, 0.6) is 0 Å². The van der Waals surface area contributed by atoms with E-state index in [0.717, 1.165) is 4.47 Å². The number of para-hydroxylation sites is 1. The van der Waals surface area contributed by atoms with E-state index in [4.69, 9.17) is 0 Å². The van der Waals surface area contributed by atoms with E-state index in [1.807, 2.05) is 6.07 Å². The van der Waals surface area contributed by atoms with Gasteiger partial charge in [-0.05, 0) is 28.1 Å². The molecule has 0 unspecified atom stereocenters. The van der Waals surface area contributed by atoms with E-state index in [-0.39, 0.29) is 6.29 Å². The second-order valence-corrected chi connectivity index (χ2v) is 2.94. The second-order valence-electron chi connectivity index (χ2n) is 2.09. The van der Waals surface area contributed by atoms with Crippen molar-refractivity contribution in [2.45, 2.75) is 0 Å². The molecule has 12 heavy (non-hydrogen) atoms. The standard InChI is InChI=1S/C8H6BrNO2/c9-6-3-1-2-4-7(6)10-8(12)5-11/h1-5H,(H,10,12). The molecule has 1 aromatic rings. The molecule has 1 rings (SSSR count). The molecule has 0 aliphatic rings. The fourth-order valence-electron chi connectivity index (χ4n) is 0.725. The number of halogens is 1. The van der Waals surface area contributed by atoms with E-state index >= 15 is 0 Å². The Morgan fingerprint density at radius 1 is 1.42 bits per heavy atom. The highest BCUT2D eigenvalue weighted by molar-refractivity contribution is 9.10. The fraction of sp³-hybridized carbons (Fsp3) is 0. The van der Waals surface area contributed by atoms with Gasteiger partial charge < -0.3 is 5.32 Å². The lowest BCUT2D eigenvalue weighted by Crippen LogP contribution is -2.12. The summed E-state index contributed by atoms with van der Waals surface area (Å²) in [7, 11) is 0. The minimum absolute atomic E-state index is 0.236. The van der Waals surface area contributed by atoms with Gasteiger partial charge in [0.15, 0.2) is 0 Å². The van der Waals surface area contributed by atoms with Crippen LogP contribution in [-0.4, -0.2) is 12.2 Å². The number of aldehydes is 1. The predicted octanol–water partition coefficient (Wildman–Crippen LogP) is 1.59. The first-order valence-corrected chi connectivity index (χ1v) is 4.04. The highest BCUT2D eigenvalue weighted by atomic mass is 79.9. The van der Waals surface area contributed by atoms with E-state index in [1.54, 1.807) is 18.2 Å². The molecule has 3 nitrogen and oxygen atoms in total. The third-order valence-electron chi connectivity index (χ3n) is 1.24. The van der Waals surface area contributed by atoms with Crippen LogP contribution in [0.4, 0.5) is 5.69 Å². The van der Waals surface area contributed by atoms with Crippen molar-refractivity contribution >= 4 is 33.8 Å². The van der Waals surface area contributed by atoms with E-state index in [0.29, 0.717) is 5.69 Å². The largest absolute Gasteiger partial charge is 0.319 e. The number of nitrogens with one attached hydrogen (secondary N) is 1. The van der Waals surface area contributed by atoms with Gasteiger partial charge in [-0.15, -0.1) is 0 Å². The third-order valence-corrected chi connectivity index (χ3v) is 1.93. The normalized spacial score (nSPS) is 9.08. The van der Waals surface area contributed by atoms with Gasteiger partial charge in [-0.25, -0.2) is 0 Å². The number of amides is 1. The summed E-state index contributed by atoms with van der Waals surface area (Å²) in [4.78, 5) is 20.6. The molecule has 62 valence electrons. The number of hydrogen-bond acceptors (Lipinski definition) is 2. The van der Waals surface area contributed by atoms with Gasteiger partial charge in [-0.3, -0.25) is 9.59 Å². The highest BCUT2D eigenvalue weighted by Gasteiger charge is 2.01. The average molecular weight is 228 g/mol. The van der Waals surface area contributed by atoms with E-state index < -0.39 is 5.91 Å². The monoisotopic (exact) mass is 227 g/mol. The molecule has 0 atom stereocenters. The maximum absolute atomic E-state index is 10.6. The number of benzene rings is 1. The van der Waals surface area contributed by atoms with Gasteiger partial charge in [0.25, 0.3) is 5.91 Å². The lowest BCUT2D eigenvalue weighted by molar-refractivity contribution is -0.127. The smallest absolute Gasteiger partial charge is 0.288 e. The van der Waals surface area contributed by atoms with Gasteiger partial charge in [-0.1, -0.05) is 12.1 Å². The quantitative estimate of drug-likeness (QED) is 0.617. The van der Waals surface area contributed by atoms with Crippen LogP contribution in [0.1, 0.15) is 0 Å². The number of carbonyl (C=O) groups excluding carboxylic acids is 2. The Kier molecular flexibility index (Phi) is 2.99. The molecule has 0 saturated heterocycles. The molecule has 1 aromatic carbocycles. The zero-order valence-electron chi connectivity index (χ0n) is 6.08. The van der Waals surface area contributed by atoms with Crippen LogP contribution in [0.2, 0.25) is 0 Å². The molecule has 0 spiro atoms. The summed E-state index contributed by atoms with van der Waals surface area (Å²) in [6, 6.07) is 7.07. The second kappa shape index (κ2) is 4.01.